The molecule has 0 aliphatic carbocycles. The van der Waals surface area contributed by atoms with Gasteiger partial charge < -0.3 is 17.0 Å². The van der Waals surface area contributed by atoms with Gasteiger partial charge >= 0.3 is 16.4 Å². The molecule has 14 heavy (non-hydrogen) atoms. The minimum Gasteiger partial charge on any atom is -1.00 e. The average molecular weight is 275 g/mol. The molecule has 0 aromatic heterocycles. The van der Waals surface area contributed by atoms with Crippen molar-refractivity contribution in [1.82, 2.24) is 0 Å². The summed E-state index contributed by atoms with van der Waals surface area (Å²) in [6.07, 6.45) is 0. The molecule has 0 saturated carbocycles. The first-order valence-electron chi connectivity index (χ1n) is 3.99. The van der Waals surface area contributed by atoms with Gasteiger partial charge in [-0.2, -0.15) is 0 Å². The molecule has 1 aromatic rings. The number of halogens is 1. The molecule has 0 aliphatic rings. The van der Waals surface area contributed by atoms with E-state index >= 15 is 0 Å². The monoisotopic (exact) mass is 274 g/mol. The van der Waals surface area contributed by atoms with E-state index in [4.69, 9.17) is 0 Å². The van der Waals surface area contributed by atoms with E-state index in [2.05, 4.69) is 0 Å². The van der Waals surface area contributed by atoms with Crippen LogP contribution in [-0.4, -0.2) is 10.5 Å². The summed E-state index contributed by atoms with van der Waals surface area (Å²) >= 11 is 0.330. The first kappa shape index (κ1) is 13.4. The van der Waals surface area contributed by atoms with Crippen LogP contribution in [-0.2, 0) is 15.9 Å². The van der Waals surface area contributed by atoms with Gasteiger partial charge in [0.05, 0.1) is 0 Å². The molecule has 76 valence electrons. The second kappa shape index (κ2) is 5.32. The van der Waals surface area contributed by atoms with Crippen LogP contribution >= 0.6 is 0 Å². The molecule has 0 radical (unpaired) electrons. The van der Waals surface area contributed by atoms with Crippen LogP contribution in [0.4, 0.5) is 0 Å². The number of carbonyl (C=O) groups excluding carboxylic acids is 1. The molecule has 0 unspecified atom stereocenters. The summed E-state index contributed by atoms with van der Waals surface area (Å²) in [6, 6.07) is 8.87. The van der Waals surface area contributed by atoms with Crippen molar-refractivity contribution < 1.29 is 26.0 Å². The quantitative estimate of drug-likeness (QED) is 0.528. The molecule has 0 amide bonds. The fraction of sp³-hybridized carbons (Fsp3) is 0.300. The number of ketones is 1. The van der Waals surface area contributed by atoms with Crippen LogP contribution in [0.2, 0.25) is 0 Å². The van der Waals surface area contributed by atoms with Crippen LogP contribution in [0.1, 0.15) is 24.2 Å². The topological polar surface area (TPSA) is 34.1 Å². The molecule has 0 fully saturated rings. The predicted octanol–water partition coefficient (Wildman–Crippen LogP) is -0.920. The van der Waals surface area contributed by atoms with Gasteiger partial charge in [-0.15, -0.1) is 0 Å². The van der Waals surface area contributed by atoms with Crippen LogP contribution < -0.4 is 17.0 Å². The minimum absolute atomic E-state index is 0. The van der Waals surface area contributed by atoms with Crippen molar-refractivity contribution in [2.75, 3.05) is 0 Å². The van der Waals surface area contributed by atoms with Gasteiger partial charge in [0, 0.05) is 23.6 Å². The molecule has 1 rings (SSSR count). The highest BCUT2D eigenvalue weighted by Crippen LogP contribution is 2.14. The third-order valence-electron chi connectivity index (χ3n) is 1.79. The summed E-state index contributed by atoms with van der Waals surface area (Å²) < 4.78 is 9.79. The lowest BCUT2D eigenvalue weighted by Gasteiger charge is -2.03. The van der Waals surface area contributed by atoms with Crippen LogP contribution in [0.5, 0.6) is 0 Å². The number of rotatable bonds is 3. The van der Waals surface area contributed by atoms with Crippen molar-refractivity contribution in [2.24, 2.45) is 0 Å². The second-order valence-corrected chi connectivity index (χ2v) is 4.48. The Labute approximate surface area is 98.0 Å². The Morgan fingerprint density at radius 3 is 2.14 bits per heavy atom. The smallest absolute Gasteiger partial charge is 0.473 e. The third-order valence-corrected chi connectivity index (χ3v) is 2.39. The Balaban J connectivity index is 0.00000169. The lowest BCUT2D eigenvalue weighted by atomic mass is 10.0. The van der Waals surface area contributed by atoms with Gasteiger partial charge in [-0.05, 0) is 0 Å². The van der Waals surface area contributed by atoms with Crippen LogP contribution in [0.3, 0.4) is 0 Å². The van der Waals surface area contributed by atoms with E-state index in [0.717, 1.165) is 0 Å². The second-order valence-electron chi connectivity index (χ2n) is 3.29. The molecular weight excluding hydrogens is 264 g/mol. The fourth-order valence-electron chi connectivity index (χ4n) is 0.975. The minimum atomic E-state index is -0.874. The summed E-state index contributed by atoms with van der Waals surface area (Å²) in [7, 11) is 0. The van der Waals surface area contributed by atoms with E-state index in [0.29, 0.717) is 17.2 Å². The highest BCUT2D eigenvalue weighted by atomic mass is 79.9. The summed E-state index contributed by atoms with van der Waals surface area (Å²) in [5.41, 5.74) is 0.593. The maximum absolute atomic E-state index is 11.7. The Kier molecular flexibility index (Phi) is 5.08. The van der Waals surface area contributed by atoms with Gasteiger partial charge in [-0.25, -0.2) is 0 Å². The molecular formula is C10H11BrO2S. The molecule has 0 N–H and O–H groups in total. The number of carbonyl (C=O) groups is 1. The first-order chi connectivity index (χ1) is 6.08. The zero-order chi connectivity index (χ0) is 9.90. The highest BCUT2D eigenvalue weighted by Gasteiger charge is 2.42. The van der Waals surface area contributed by atoms with Crippen LogP contribution in [0, 0.1) is 0 Å². The van der Waals surface area contributed by atoms with Crippen molar-refractivity contribution >= 4 is 17.4 Å². The lowest BCUT2D eigenvalue weighted by molar-refractivity contribution is -0.0000113. The Morgan fingerprint density at radius 2 is 1.71 bits per heavy atom. The Morgan fingerprint density at radius 1 is 1.21 bits per heavy atom. The zero-order valence-corrected chi connectivity index (χ0v) is 10.4. The van der Waals surface area contributed by atoms with Crippen LogP contribution in [0.25, 0.3) is 0 Å². The van der Waals surface area contributed by atoms with E-state index < -0.39 is 4.75 Å². The van der Waals surface area contributed by atoms with E-state index in [1.807, 2.05) is 6.07 Å². The molecule has 0 saturated heterocycles. The molecule has 2 nitrogen and oxygen atoms in total. The largest absolute Gasteiger partial charge is 1.00 e. The van der Waals surface area contributed by atoms with Crippen molar-refractivity contribution in [1.29, 1.82) is 0 Å². The summed E-state index contributed by atoms with van der Waals surface area (Å²) in [6.45, 7) is 3.28. The van der Waals surface area contributed by atoms with Crippen LogP contribution in [0.15, 0.2) is 30.3 Å². The van der Waals surface area contributed by atoms with Crippen molar-refractivity contribution in [3.8, 4) is 0 Å². The predicted molar refractivity (Wildman–Crippen MR) is 52.9 cm³/mol. The highest BCUT2D eigenvalue weighted by molar-refractivity contribution is 7.68. The number of benzene rings is 1. The standard InChI is InChI=1S/C10H11O2S.BrH/c1-10(2,13-12)9(11)8-6-4-3-5-7-8;/h3-7H,1-2H3;1H/q+1;/p-1. The van der Waals surface area contributed by atoms with E-state index in [1.54, 1.807) is 38.1 Å². The van der Waals surface area contributed by atoms with Crippen molar-refractivity contribution in [3.63, 3.8) is 0 Å². The molecule has 0 bridgehead atoms. The SMILES string of the molecule is CC(C)([S+]=O)C(=O)c1ccccc1.[Br-]. The zero-order valence-electron chi connectivity index (χ0n) is 7.99. The van der Waals surface area contributed by atoms with Gasteiger partial charge in [-0.3, -0.25) is 4.79 Å². The first-order valence-corrected chi connectivity index (χ1v) is 4.73. The number of hydrogen-bond donors (Lipinski definition) is 0. The third kappa shape index (κ3) is 2.96. The molecule has 0 atom stereocenters. The molecule has 0 spiro atoms. The van der Waals surface area contributed by atoms with Crippen molar-refractivity contribution in [3.05, 3.63) is 35.9 Å². The maximum atomic E-state index is 11.7. The lowest BCUT2D eigenvalue weighted by Crippen LogP contribution is -3.00. The van der Waals surface area contributed by atoms with E-state index in [1.165, 1.54) is 0 Å². The summed E-state index contributed by atoms with van der Waals surface area (Å²) in [5, 5.41) is 0. The Bertz CT molecular complexity index is 322. The summed E-state index contributed by atoms with van der Waals surface area (Å²) in [4.78, 5) is 11.7. The van der Waals surface area contributed by atoms with Gasteiger partial charge in [-0.1, -0.05) is 30.3 Å². The molecule has 1 aromatic carbocycles. The summed E-state index contributed by atoms with van der Waals surface area (Å²) in [5.74, 6) is -0.117. The fourth-order valence-corrected chi connectivity index (χ4v) is 1.17. The van der Waals surface area contributed by atoms with Gasteiger partial charge in [0.2, 0.25) is 5.78 Å². The maximum Gasteiger partial charge on any atom is 0.473 e. The molecule has 4 heteroatoms. The van der Waals surface area contributed by atoms with Crippen molar-refractivity contribution in [2.45, 2.75) is 18.6 Å². The molecule has 0 heterocycles. The number of Topliss-reactive ketones (excluding diaryl/α,β-unsaturated/α-hetero) is 1. The number of hydrogen-bond acceptors (Lipinski definition) is 2. The van der Waals surface area contributed by atoms with Gasteiger partial charge in [0.1, 0.15) is 0 Å². The van der Waals surface area contributed by atoms with E-state index in [-0.39, 0.29) is 22.8 Å². The Hall–Kier alpha value is -0.610. The average Bonchev–Trinajstić information content (AvgIpc) is 2.18. The molecule has 0 aliphatic heterocycles. The van der Waals surface area contributed by atoms with E-state index in [9.17, 15) is 9.00 Å². The van der Waals surface area contributed by atoms with Gasteiger partial charge in [0.25, 0.3) is 0 Å². The van der Waals surface area contributed by atoms with Gasteiger partial charge in [0.15, 0.2) is 0 Å². The normalized spacial score (nSPS) is 10.1.